The Morgan fingerprint density at radius 3 is 2.92 bits per heavy atom. The molecule has 0 bridgehead atoms. The highest BCUT2D eigenvalue weighted by Gasteiger charge is 2.47. The fourth-order valence-electron chi connectivity index (χ4n) is 4.39. The maximum atomic E-state index is 13.5. The van der Waals surface area contributed by atoms with E-state index >= 15 is 0 Å². The number of halogens is 1. The van der Waals surface area contributed by atoms with Gasteiger partial charge in [0, 0.05) is 48.2 Å². The Morgan fingerprint density at radius 2 is 2.19 bits per heavy atom. The van der Waals surface area contributed by atoms with Gasteiger partial charge in [0.15, 0.2) is 0 Å². The third-order valence-corrected chi connectivity index (χ3v) is 6.02. The zero-order valence-corrected chi connectivity index (χ0v) is 14.3. The molecule has 0 saturated carbocycles. The zero-order valence-electron chi connectivity index (χ0n) is 14.3. The van der Waals surface area contributed by atoms with Gasteiger partial charge in [0.05, 0.1) is 30.6 Å². The maximum absolute atomic E-state index is 13.5. The van der Waals surface area contributed by atoms with Crippen LogP contribution in [0, 0.1) is 5.82 Å². The van der Waals surface area contributed by atoms with Crippen molar-refractivity contribution in [3.05, 3.63) is 53.6 Å². The van der Waals surface area contributed by atoms with Gasteiger partial charge in [0.25, 0.3) is 0 Å². The van der Waals surface area contributed by atoms with E-state index in [1.807, 2.05) is 12.3 Å². The molecule has 0 aliphatic carbocycles. The second kappa shape index (κ2) is 5.20. The number of aromatic amines is 1. The van der Waals surface area contributed by atoms with Crippen LogP contribution in [-0.4, -0.2) is 41.8 Å². The largest absolute Gasteiger partial charge is 0.372 e. The molecule has 1 unspecified atom stereocenters. The predicted octanol–water partition coefficient (Wildman–Crippen LogP) is 2.85. The highest BCUT2D eigenvalue weighted by Crippen LogP contribution is 2.35. The summed E-state index contributed by atoms with van der Waals surface area (Å²) >= 11 is 0. The fraction of sp³-hybridized carbons (Fsp3) is 0.350. The molecule has 2 aromatic heterocycles. The summed E-state index contributed by atoms with van der Waals surface area (Å²) < 4.78 is 18.9. The lowest BCUT2D eigenvalue weighted by Gasteiger charge is -2.55. The van der Waals surface area contributed by atoms with Crippen LogP contribution in [0.15, 0.2) is 36.5 Å². The number of rotatable bonds is 2. The Kier molecular flexibility index (Phi) is 2.91. The molecule has 5 nitrogen and oxygen atoms in total. The van der Waals surface area contributed by atoms with E-state index in [1.165, 1.54) is 17.3 Å². The van der Waals surface area contributed by atoms with E-state index in [9.17, 15) is 4.39 Å². The van der Waals surface area contributed by atoms with Crippen LogP contribution in [0.1, 0.15) is 11.3 Å². The summed E-state index contributed by atoms with van der Waals surface area (Å²) in [6.07, 6.45) is 3.33. The van der Waals surface area contributed by atoms with Crippen LogP contribution < -0.4 is 9.80 Å². The molecule has 3 aromatic rings. The van der Waals surface area contributed by atoms with Gasteiger partial charge in [0.1, 0.15) is 11.6 Å². The van der Waals surface area contributed by atoms with E-state index < -0.39 is 0 Å². The predicted molar refractivity (Wildman–Crippen MR) is 98.1 cm³/mol. The Labute approximate surface area is 150 Å². The van der Waals surface area contributed by atoms with Crippen LogP contribution in [0.2, 0.25) is 0 Å². The van der Waals surface area contributed by atoms with Crippen molar-refractivity contribution in [2.45, 2.75) is 25.1 Å². The molecule has 3 aliphatic heterocycles. The lowest BCUT2D eigenvalue weighted by Crippen LogP contribution is -2.71. The molecule has 0 spiro atoms. The average Bonchev–Trinajstić information content (AvgIpc) is 3.00. The highest BCUT2D eigenvalue weighted by molar-refractivity contribution is 5.85. The molecule has 5 heterocycles. The van der Waals surface area contributed by atoms with Crippen LogP contribution in [-0.2, 0) is 17.7 Å². The van der Waals surface area contributed by atoms with Crippen molar-refractivity contribution in [1.82, 2.24) is 9.97 Å². The quantitative estimate of drug-likeness (QED) is 0.772. The highest BCUT2D eigenvalue weighted by atomic mass is 19.1. The Balaban J connectivity index is 1.26. The van der Waals surface area contributed by atoms with E-state index in [1.54, 1.807) is 6.07 Å². The summed E-state index contributed by atoms with van der Waals surface area (Å²) in [5.41, 5.74) is 4.52. The smallest absolute Gasteiger partial charge is 0.129 e. The molecule has 3 aliphatic rings. The van der Waals surface area contributed by atoms with Crippen LogP contribution in [0.25, 0.3) is 10.9 Å². The summed E-state index contributed by atoms with van der Waals surface area (Å²) in [5.74, 6) is 0.844. The van der Waals surface area contributed by atoms with Crippen LogP contribution in [0.3, 0.4) is 0 Å². The first-order valence-corrected chi connectivity index (χ1v) is 9.14. The monoisotopic (exact) mass is 350 g/mol. The molecule has 2 fully saturated rings. The molecule has 1 aromatic carbocycles. The van der Waals surface area contributed by atoms with Crippen molar-refractivity contribution in [3.63, 3.8) is 0 Å². The van der Waals surface area contributed by atoms with Crippen molar-refractivity contribution >= 4 is 22.4 Å². The van der Waals surface area contributed by atoms with Gasteiger partial charge < -0.3 is 19.5 Å². The van der Waals surface area contributed by atoms with Gasteiger partial charge >= 0.3 is 0 Å². The van der Waals surface area contributed by atoms with E-state index in [2.05, 4.69) is 31.9 Å². The average molecular weight is 350 g/mol. The Bertz CT molecular complexity index is 999. The number of H-pyrrole nitrogens is 1. The number of morpholine rings is 1. The topological polar surface area (TPSA) is 44.4 Å². The normalized spacial score (nSPS) is 24.0. The first kappa shape index (κ1) is 14.6. The lowest BCUT2D eigenvalue weighted by molar-refractivity contribution is -0.113. The summed E-state index contributed by atoms with van der Waals surface area (Å²) in [4.78, 5) is 12.7. The van der Waals surface area contributed by atoms with Gasteiger partial charge in [-0.15, -0.1) is 0 Å². The number of fused-ring (bicyclic) bond motifs is 4. The van der Waals surface area contributed by atoms with Crippen LogP contribution in [0.5, 0.6) is 0 Å². The second-order valence-corrected chi connectivity index (χ2v) is 7.41. The Hall–Kier alpha value is -2.60. The Morgan fingerprint density at radius 1 is 1.23 bits per heavy atom. The number of nitrogens with one attached hydrogen (secondary N) is 1. The molecule has 0 amide bonds. The van der Waals surface area contributed by atoms with Gasteiger partial charge in [-0.25, -0.2) is 9.37 Å². The minimum Gasteiger partial charge on any atom is -0.372 e. The SMILES string of the molecule is Fc1ccc2c3c([nH]c2c1)CCN(c1ccc(N2C[C@H]4OCC42)nc1)C3. The molecular weight excluding hydrogens is 331 g/mol. The number of pyridine rings is 1. The zero-order chi connectivity index (χ0) is 17.3. The van der Waals surface area contributed by atoms with E-state index in [0.717, 1.165) is 55.1 Å². The summed E-state index contributed by atoms with van der Waals surface area (Å²) in [6.45, 7) is 3.54. The van der Waals surface area contributed by atoms with Crippen molar-refractivity contribution in [3.8, 4) is 0 Å². The summed E-state index contributed by atoms with van der Waals surface area (Å²) in [6, 6.07) is 9.80. The molecule has 2 saturated heterocycles. The van der Waals surface area contributed by atoms with E-state index in [4.69, 9.17) is 4.74 Å². The summed E-state index contributed by atoms with van der Waals surface area (Å²) in [5, 5.41) is 1.12. The maximum Gasteiger partial charge on any atom is 0.129 e. The molecular formula is C20H19FN4O. The number of nitrogens with zero attached hydrogens (tertiary/aromatic N) is 3. The molecule has 0 radical (unpaired) electrons. The molecule has 6 rings (SSSR count). The molecule has 2 atom stereocenters. The van der Waals surface area contributed by atoms with Crippen LogP contribution in [0.4, 0.5) is 15.9 Å². The first-order chi connectivity index (χ1) is 12.8. The van der Waals surface area contributed by atoms with Crippen LogP contribution >= 0.6 is 0 Å². The van der Waals surface area contributed by atoms with Crippen molar-refractivity contribution in [2.24, 2.45) is 0 Å². The molecule has 26 heavy (non-hydrogen) atoms. The van der Waals surface area contributed by atoms with Gasteiger partial charge in [-0.1, -0.05) is 0 Å². The number of ether oxygens (including phenoxy) is 1. The molecule has 132 valence electrons. The van der Waals surface area contributed by atoms with E-state index in [0.29, 0.717) is 12.1 Å². The third kappa shape index (κ3) is 2.02. The first-order valence-electron chi connectivity index (χ1n) is 9.14. The number of anilines is 2. The van der Waals surface area contributed by atoms with Gasteiger partial charge in [-0.05, 0) is 30.3 Å². The summed E-state index contributed by atoms with van der Waals surface area (Å²) in [7, 11) is 0. The standard InChI is InChI=1S/C20H19FN4O/c21-12-1-3-14-15-9-24(6-5-16(15)23-17(14)7-12)13-2-4-20(22-8-13)25-10-19-18(25)11-26-19/h1-4,7-8,18-19,23H,5-6,9-11H2/t18?,19-/m1/s1. The van der Waals surface area contributed by atoms with Gasteiger partial charge in [0.2, 0.25) is 0 Å². The minimum absolute atomic E-state index is 0.196. The molecule has 1 N–H and O–H groups in total. The molecule has 6 heteroatoms. The minimum atomic E-state index is -0.196. The number of benzene rings is 1. The third-order valence-electron chi connectivity index (χ3n) is 6.02. The second-order valence-electron chi connectivity index (χ2n) is 7.41. The number of hydrogen-bond acceptors (Lipinski definition) is 4. The van der Waals surface area contributed by atoms with Crippen molar-refractivity contribution in [2.75, 3.05) is 29.5 Å². The van der Waals surface area contributed by atoms with E-state index in [-0.39, 0.29) is 5.82 Å². The van der Waals surface area contributed by atoms with Gasteiger partial charge in [-0.2, -0.15) is 0 Å². The van der Waals surface area contributed by atoms with Crippen molar-refractivity contribution < 1.29 is 9.13 Å². The lowest BCUT2D eigenvalue weighted by atomic mass is 9.95. The fourth-order valence-corrected chi connectivity index (χ4v) is 4.39. The number of hydrogen-bond donors (Lipinski definition) is 1. The van der Waals surface area contributed by atoms with Gasteiger partial charge in [-0.3, -0.25) is 0 Å². The number of aromatic nitrogens is 2. The van der Waals surface area contributed by atoms with Crippen molar-refractivity contribution in [1.29, 1.82) is 0 Å².